The number of H-pyrrole nitrogens is 1. The van der Waals surface area contributed by atoms with Gasteiger partial charge >= 0.3 is 0 Å². The SMILES string of the molecule is CC(NC(=O)CCc1nc2c(cnn2-c2ccccc2)c(=O)[nH]1)c1ccc(Br)cc1. The molecular formula is C22H20BrN5O2. The summed E-state index contributed by atoms with van der Waals surface area (Å²) in [7, 11) is 0. The van der Waals surface area contributed by atoms with Crippen molar-refractivity contribution in [2.24, 2.45) is 0 Å². The van der Waals surface area contributed by atoms with E-state index in [1.54, 1.807) is 4.68 Å². The van der Waals surface area contributed by atoms with Gasteiger partial charge in [-0.25, -0.2) is 9.67 Å². The number of fused-ring (bicyclic) bond motifs is 1. The molecule has 1 atom stereocenters. The monoisotopic (exact) mass is 465 g/mol. The number of aromatic amines is 1. The smallest absolute Gasteiger partial charge is 0.262 e. The third kappa shape index (κ3) is 4.33. The average molecular weight is 466 g/mol. The lowest BCUT2D eigenvalue weighted by Crippen LogP contribution is -2.27. The summed E-state index contributed by atoms with van der Waals surface area (Å²) in [5.74, 6) is 0.348. The molecule has 1 unspecified atom stereocenters. The Labute approximate surface area is 181 Å². The molecule has 2 N–H and O–H groups in total. The standard InChI is InChI=1S/C22H20BrN5O2/c1-14(15-7-9-16(23)10-8-15)25-20(29)12-11-19-26-21-18(22(30)27-19)13-24-28(21)17-5-3-2-4-6-17/h2-10,13-14H,11-12H2,1H3,(H,25,29)(H,26,27,30). The van der Waals surface area contributed by atoms with Crippen molar-refractivity contribution in [1.82, 2.24) is 25.1 Å². The molecular weight excluding hydrogens is 446 g/mol. The molecule has 0 spiro atoms. The number of hydrogen-bond donors (Lipinski definition) is 2. The van der Waals surface area contributed by atoms with Gasteiger partial charge in [-0.3, -0.25) is 9.59 Å². The first-order valence-electron chi connectivity index (χ1n) is 9.58. The number of halogens is 1. The number of carbonyl (C=O) groups excluding carboxylic acids is 1. The van der Waals surface area contributed by atoms with Crippen LogP contribution in [0, 0.1) is 0 Å². The number of aryl methyl sites for hydroxylation is 1. The van der Waals surface area contributed by atoms with E-state index in [1.165, 1.54) is 6.20 Å². The number of para-hydroxylation sites is 1. The van der Waals surface area contributed by atoms with Crippen molar-refractivity contribution in [3.05, 3.63) is 87.0 Å². The number of nitrogens with zero attached hydrogens (tertiary/aromatic N) is 3. The fourth-order valence-corrected chi connectivity index (χ4v) is 3.49. The zero-order chi connectivity index (χ0) is 21.1. The second-order valence-corrected chi connectivity index (χ2v) is 7.90. The van der Waals surface area contributed by atoms with Crippen molar-refractivity contribution in [2.75, 3.05) is 0 Å². The van der Waals surface area contributed by atoms with Crippen molar-refractivity contribution in [3.8, 4) is 5.69 Å². The van der Waals surface area contributed by atoms with Crippen LogP contribution in [0.15, 0.2) is 70.1 Å². The molecule has 8 heteroatoms. The predicted molar refractivity (Wildman–Crippen MR) is 119 cm³/mol. The lowest BCUT2D eigenvalue weighted by Gasteiger charge is -2.14. The molecule has 0 saturated heterocycles. The topological polar surface area (TPSA) is 92.7 Å². The van der Waals surface area contributed by atoms with Gasteiger partial charge in [0.25, 0.3) is 5.56 Å². The summed E-state index contributed by atoms with van der Waals surface area (Å²) in [6.45, 7) is 1.94. The normalized spacial score (nSPS) is 12.1. The van der Waals surface area contributed by atoms with E-state index >= 15 is 0 Å². The number of nitrogens with one attached hydrogen (secondary N) is 2. The number of carbonyl (C=O) groups is 1. The summed E-state index contributed by atoms with van der Waals surface area (Å²) in [5.41, 5.74) is 2.05. The Morgan fingerprint density at radius 2 is 1.90 bits per heavy atom. The molecule has 30 heavy (non-hydrogen) atoms. The molecule has 1 amide bonds. The minimum atomic E-state index is -0.263. The Kier molecular flexibility index (Phi) is 5.76. The molecule has 2 aromatic heterocycles. The minimum Gasteiger partial charge on any atom is -0.350 e. The first kappa shape index (κ1) is 20.0. The van der Waals surface area contributed by atoms with Crippen LogP contribution in [0.25, 0.3) is 16.7 Å². The molecule has 2 heterocycles. The van der Waals surface area contributed by atoms with E-state index in [4.69, 9.17) is 0 Å². The van der Waals surface area contributed by atoms with E-state index in [0.29, 0.717) is 23.3 Å². The Hall–Kier alpha value is -3.26. The van der Waals surface area contributed by atoms with Crippen LogP contribution in [0.2, 0.25) is 0 Å². The van der Waals surface area contributed by atoms with Crippen LogP contribution in [-0.2, 0) is 11.2 Å². The van der Waals surface area contributed by atoms with Crippen LogP contribution in [-0.4, -0.2) is 25.7 Å². The number of amides is 1. The Morgan fingerprint density at radius 3 is 2.63 bits per heavy atom. The lowest BCUT2D eigenvalue weighted by molar-refractivity contribution is -0.121. The molecule has 7 nitrogen and oxygen atoms in total. The summed E-state index contributed by atoms with van der Waals surface area (Å²) in [6, 6.07) is 17.2. The summed E-state index contributed by atoms with van der Waals surface area (Å²) >= 11 is 3.41. The van der Waals surface area contributed by atoms with Gasteiger partial charge in [0.05, 0.1) is 17.9 Å². The minimum absolute atomic E-state index is 0.107. The second kappa shape index (κ2) is 8.62. The highest BCUT2D eigenvalue weighted by molar-refractivity contribution is 9.10. The molecule has 152 valence electrons. The Morgan fingerprint density at radius 1 is 1.17 bits per heavy atom. The molecule has 0 aliphatic heterocycles. The third-order valence-corrected chi connectivity index (χ3v) is 5.35. The van der Waals surface area contributed by atoms with Gasteiger partial charge in [-0.15, -0.1) is 0 Å². The van der Waals surface area contributed by atoms with E-state index in [2.05, 4.69) is 36.3 Å². The third-order valence-electron chi connectivity index (χ3n) is 4.82. The van der Waals surface area contributed by atoms with Crippen LogP contribution in [0.4, 0.5) is 0 Å². The van der Waals surface area contributed by atoms with Gasteiger partial charge in [0.2, 0.25) is 5.91 Å². The first-order chi connectivity index (χ1) is 14.5. The number of rotatable bonds is 6. The maximum atomic E-state index is 12.4. The number of hydrogen-bond acceptors (Lipinski definition) is 4. The van der Waals surface area contributed by atoms with E-state index in [1.807, 2.05) is 61.5 Å². The second-order valence-electron chi connectivity index (χ2n) is 6.98. The van der Waals surface area contributed by atoms with Gasteiger partial charge in [-0.1, -0.05) is 46.3 Å². The highest BCUT2D eigenvalue weighted by Crippen LogP contribution is 2.17. The van der Waals surface area contributed by atoms with Gasteiger partial charge < -0.3 is 10.3 Å². The molecule has 0 aliphatic carbocycles. The van der Waals surface area contributed by atoms with Crippen LogP contribution < -0.4 is 10.9 Å². The van der Waals surface area contributed by atoms with Crippen LogP contribution in [0.1, 0.15) is 30.8 Å². The maximum Gasteiger partial charge on any atom is 0.262 e. The van der Waals surface area contributed by atoms with E-state index < -0.39 is 0 Å². The van der Waals surface area contributed by atoms with Crippen LogP contribution in [0.3, 0.4) is 0 Å². The Bertz CT molecular complexity index is 1230. The molecule has 0 bridgehead atoms. The van der Waals surface area contributed by atoms with Gasteiger partial charge in [0.15, 0.2) is 5.65 Å². The zero-order valence-corrected chi connectivity index (χ0v) is 17.9. The molecule has 2 aromatic carbocycles. The number of benzene rings is 2. The fourth-order valence-electron chi connectivity index (χ4n) is 3.22. The highest BCUT2D eigenvalue weighted by atomic mass is 79.9. The summed E-state index contributed by atoms with van der Waals surface area (Å²) in [4.78, 5) is 32.1. The summed E-state index contributed by atoms with van der Waals surface area (Å²) in [5, 5.41) is 7.68. The van der Waals surface area contributed by atoms with Gasteiger partial charge in [0.1, 0.15) is 11.2 Å². The van der Waals surface area contributed by atoms with Gasteiger partial charge in [0, 0.05) is 17.3 Å². The maximum absolute atomic E-state index is 12.4. The number of aromatic nitrogens is 4. The molecule has 0 radical (unpaired) electrons. The lowest BCUT2D eigenvalue weighted by atomic mass is 10.1. The van der Waals surface area contributed by atoms with Crippen molar-refractivity contribution < 1.29 is 4.79 Å². The van der Waals surface area contributed by atoms with E-state index in [0.717, 1.165) is 15.7 Å². The van der Waals surface area contributed by atoms with Crippen molar-refractivity contribution in [3.63, 3.8) is 0 Å². The quantitative estimate of drug-likeness (QED) is 0.454. The largest absolute Gasteiger partial charge is 0.350 e. The predicted octanol–water partition coefficient (Wildman–Crippen LogP) is 3.68. The van der Waals surface area contributed by atoms with Crippen molar-refractivity contribution >= 4 is 32.9 Å². The summed E-state index contributed by atoms with van der Waals surface area (Å²) < 4.78 is 2.62. The van der Waals surface area contributed by atoms with Gasteiger partial charge in [-0.05, 0) is 36.8 Å². The Balaban J connectivity index is 1.48. The average Bonchev–Trinajstić information content (AvgIpc) is 3.18. The van der Waals surface area contributed by atoms with Crippen LogP contribution in [0.5, 0.6) is 0 Å². The molecule has 0 aliphatic rings. The summed E-state index contributed by atoms with van der Waals surface area (Å²) in [6.07, 6.45) is 2.05. The van der Waals surface area contributed by atoms with Crippen LogP contribution >= 0.6 is 15.9 Å². The van der Waals surface area contributed by atoms with E-state index in [-0.39, 0.29) is 23.9 Å². The molecule has 4 rings (SSSR count). The molecule has 0 fully saturated rings. The fraction of sp³-hybridized carbons (Fsp3) is 0.182. The van der Waals surface area contributed by atoms with Gasteiger partial charge in [-0.2, -0.15) is 5.10 Å². The van der Waals surface area contributed by atoms with Crippen molar-refractivity contribution in [2.45, 2.75) is 25.8 Å². The van der Waals surface area contributed by atoms with Crippen molar-refractivity contribution in [1.29, 1.82) is 0 Å². The molecule has 4 aromatic rings. The molecule has 0 saturated carbocycles. The zero-order valence-electron chi connectivity index (χ0n) is 16.3. The first-order valence-corrected chi connectivity index (χ1v) is 10.4. The highest BCUT2D eigenvalue weighted by Gasteiger charge is 2.14. The van der Waals surface area contributed by atoms with E-state index in [9.17, 15) is 9.59 Å².